The predicted octanol–water partition coefficient (Wildman–Crippen LogP) is 3.35. The lowest BCUT2D eigenvalue weighted by molar-refractivity contribution is 0.0697. The summed E-state index contributed by atoms with van der Waals surface area (Å²) in [6.07, 6.45) is 1.13. The van der Waals surface area contributed by atoms with Gasteiger partial charge < -0.3 is 10.4 Å². The number of hydrogen-bond acceptors (Lipinski definition) is 2. The van der Waals surface area contributed by atoms with Crippen LogP contribution in [0.1, 0.15) is 28.3 Å². The normalized spacial score (nSPS) is 20.8. The highest BCUT2D eigenvalue weighted by atomic mass is 16.4. The number of carboxylic acid groups (broad SMARTS) is 1. The van der Waals surface area contributed by atoms with E-state index in [4.69, 9.17) is 5.11 Å². The van der Waals surface area contributed by atoms with Crippen molar-refractivity contribution in [2.75, 3.05) is 5.32 Å². The molecule has 0 heterocycles. The second-order valence-corrected chi connectivity index (χ2v) is 4.89. The van der Waals surface area contributed by atoms with Crippen molar-refractivity contribution in [3.63, 3.8) is 0 Å². The van der Waals surface area contributed by atoms with Gasteiger partial charge in [-0.15, -0.1) is 0 Å². The van der Waals surface area contributed by atoms with Crippen LogP contribution < -0.4 is 5.32 Å². The van der Waals surface area contributed by atoms with Crippen LogP contribution in [0.25, 0.3) is 0 Å². The first-order chi connectivity index (χ1) is 9.24. The molecule has 0 aromatic heterocycles. The van der Waals surface area contributed by atoms with Crippen molar-refractivity contribution < 1.29 is 9.90 Å². The minimum atomic E-state index is -0.889. The molecule has 0 spiro atoms. The number of nitrogens with one attached hydrogen (secondary N) is 1. The van der Waals surface area contributed by atoms with Crippen LogP contribution in [0, 0.1) is 0 Å². The Morgan fingerprint density at radius 1 is 1.05 bits per heavy atom. The van der Waals surface area contributed by atoms with E-state index in [0.717, 1.165) is 12.1 Å². The molecule has 1 aliphatic rings. The van der Waals surface area contributed by atoms with Crippen molar-refractivity contribution in [2.24, 2.45) is 0 Å². The molecule has 3 nitrogen and oxygen atoms in total. The maximum Gasteiger partial charge on any atom is 0.335 e. The molecule has 0 aliphatic heterocycles. The Balaban J connectivity index is 1.63. The van der Waals surface area contributed by atoms with Crippen LogP contribution in [0.5, 0.6) is 0 Å². The third-order valence-electron chi connectivity index (χ3n) is 3.50. The molecule has 2 N–H and O–H groups in total. The highest BCUT2D eigenvalue weighted by molar-refractivity contribution is 5.88. The van der Waals surface area contributed by atoms with E-state index in [1.54, 1.807) is 12.1 Å². The molecule has 3 rings (SSSR count). The molecular formula is C16H15NO2. The van der Waals surface area contributed by atoms with E-state index < -0.39 is 5.97 Å². The summed E-state index contributed by atoms with van der Waals surface area (Å²) in [5, 5.41) is 12.3. The molecule has 19 heavy (non-hydrogen) atoms. The van der Waals surface area contributed by atoms with Crippen LogP contribution in [0.3, 0.4) is 0 Å². The minimum Gasteiger partial charge on any atom is -0.478 e. The zero-order chi connectivity index (χ0) is 13.2. The molecule has 2 aromatic carbocycles. The molecule has 96 valence electrons. The lowest BCUT2D eigenvalue weighted by Crippen LogP contribution is -2.04. The fraction of sp³-hybridized carbons (Fsp3) is 0.188. The van der Waals surface area contributed by atoms with Crippen LogP contribution >= 0.6 is 0 Å². The molecule has 2 atom stereocenters. The molecule has 0 bridgehead atoms. The number of anilines is 1. The fourth-order valence-corrected chi connectivity index (χ4v) is 2.35. The van der Waals surface area contributed by atoms with E-state index in [1.165, 1.54) is 5.56 Å². The van der Waals surface area contributed by atoms with Gasteiger partial charge in [-0.05, 0) is 36.2 Å². The van der Waals surface area contributed by atoms with Gasteiger partial charge in [0.2, 0.25) is 0 Å². The van der Waals surface area contributed by atoms with Gasteiger partial charge in [0.25, 0.3) is 0 Å². The van der Waals surface area contributed by atoms with Crippen molar-refractivity contribution in [3.05, 3.63) is 65.7 Å². The summed E-state index contributed by atoms with van der Waals surface area (Å²) in [6.45, 7) is 0. The Hall–Kier alpha value is -2.29. The number of benzene rings is 2. The average molecular weight is 253 g/mol. The van der Waals surface area contributed by atoms with Crippen LogP contribution in [-0.4, -0.2) is 17.1 Å². The van der Waals surface area contributed by atoms with E-state index in [1.807, 2.05) is 18.2 Å². The summed E-state index contributed by atoms with van der Waals surface area (Å²) in [7, 11) is 0. The molecule has 0 saturated heterocycles. The van der Waals surface area contributed by atoms with Gasteiger partial charge in [0.05, 0.1) is 5.56 Å². The number of carboxylic acids is 1. The number of aromatic carboxylic acids is 1. The molecular weight excluding hydrogens is 238 g/mol. The highest BCUT2D eigenvalue weighted by Crippen LogP contribution is 2.42. The summed E-state index contributed by atoms with van der Waals surface area (Å²) in [6, 6.07) is 17.8. The smallest absolute Gasteiger partial charge is 0.335 e. The summed E-state index contributed by atoms with van der Waals surface area (Å²) in [5.74, 6) is -0.319. The first-order valence-corrected chi connectivity index (χ1v) is 6.39. The molecule has 1 saturated carbocycles. The van der Waals surface area contributed by atoms with Gasteiger partial charge in [-0.2, -0.15) is 0 Å². The monoisotopic (exact) mass is 253 g/mol. The average Bonchev–Trinajstić information content (AvgIpc) is 3.20. The van der Waals surface area contributed by atoms with Gasteiger partial charge in [0.15, 0.2) is 0 Å². The van der Waals surface area contributed by atoms with Crippen molar-refractivity contribution in [2.45, 2.75) is 18.4 Å². The first kappa shape index (κ1) is 11.8. The van der Waals surface area contributed by atoms with Gasteiger partial charge >= 0.3 is 5.97 Å². The third-order valence-corrected chi connectivity index (χ3v) is 3.50. The van der Waals surface area contributed by atoms with Crippen molar-refractivity contribution in [1.82, 2.24) is 0 Å². The second kappa shape index (κ2) is 4.76. The zero-order valence-electron chi connectivity index (χ0n) is 10.4. The Morgan fingerprint density at radius 2 is 1.74 bits per heavy atom. The maximum absolute atomic E-state index is 10.8. The van der Waals surface area contributed by atoms with E-state index in [0.29, 0.717) is 17.5 Å². The Kier molecular flexibility index (Phi) is 2.95. The van der Waals surface area contributed by atoms with Gasteiger partial charge in [0.1, 0.15) is 0 Å². The van der Waals surface area contributed by atoms with Crippen molar-refractivity contribution >= 4 is 11.7 Å². The van der Waals surface area contributed by atoms with Gasteiger partial charge in [-0.1, -0.05) is 30.3 Å². The molecule has 1 aliphatic carbocycles. The van der Waals surface area contributed by atoms with Gasteiger partial charge in [-0.25, -0.2) is 4.79 Å². The Bertz CT molecular complexity index is 577. The van der Waals surface area contributed by atoms with E-state index in [-0.39, 0.29) is 0 Å². The minimum absolute atomic E-state index is 0.320. The highest BCUT2D eigenvalue weighted by Gasteiger charge is 2.38. The van der Waals surface area contributed by atoms with Crippen LogP contribution in [0.15, 0.2) is 54.6 Å². The number of hydrogen-bond donors (Lipinski definition) is 2. The van der Waals surface area contributed by atoms with Crippen molar-refractivity contribution in [1.29, 1.82) is 0 Å². The Labute approximate surface area is 111 Å². The van der Waals surface area contributed by atoms with Gasteiger partial charge in [0, 0.05) is 17.6 Å². The molecule has 3 heteroatoms. The molecule has 1 fully saturated rings. The zero-order valence-corrected chi connectivity index (χ0v) is 10.4. The lowest BCUT2D eigenvalue weighted by atomic mass is 10.1. The number of carbonyl (C=O) groups is 1. The SMILES string of the molecule is O=C(O)c1ccc(NC2CC2c2ccccc2)cc1. The summed E-state index contributed by atoms with van der Waals surface area (Å²) >= 11 is 0. The van der Waals surface area contributed by atoms with E-state index in [2.05, 4.69) is 29.6 Å². The first-order valence-electron chi connectivity index (χ1n) is 6.39. The van der Waals surface area contributed by atoms with E-state index in [9.17, 15) is 4.79 Å². The van der Waals surface area contributed by atoms with Crippen LogP contribution in [-0.2, 0) is 0 Å². The van der Waals surface area contributed by atoms with Gasteiger partial charge in [-0.3, -0.25) is 0 Å². The largest absolute Gasteiger partial charge is 0.478 e. The van der Waals surface area contributed by atoms with E-state index >= 15 is 0 Å². The summed E-state index contributed by atoms with van der Waals surface area (Å²) < 4.78 is 0. The lowest BCUT2D eigenvalue weighted by Gasteiger charge is -2.06. The second-order valence-electron chi connectivity index (χ2n) is 4.89. The third kappa shape index (κ3) is 2.60. The fourth-order valence-electron chi connectivity index (χ4n) is 2.35. The van der Waals surface area contributed by atoms with Crippen LogP contribution in [0.2, 0.25) is 0 Å². The summed E-state index contributed by atoms with van der Waals surface area (Å²) in [4.78, 5) is 10.8. The standard InChI is InChI=1S/C16H15NO2/c18-16(19)12-6-8-13(9-7-12)17-15-10-14(15)11-4-2-1-3-5-11/h1-9,14-15,17H,10H2,(H,18,19). The number of rotatable bonds is 4. The quantitative estimate of drug-likeness (QED) is 0.878. The molecule has 2 aromatic rings. The molecule has 2 unspecified atom stereocenters. The maximum atomic E-state index is 10.8. The predicted molar refractivity (Wildman–Crippen MR) is 74.6 cm³/mol. The summed E-state index contributed by atoms with van der Waals surface area (Å²) in [5.41, 5.74) is 2.66. The molecule has 0 amide bonds. The molecule has 0 radical (unpaired) electrons. The van der Waals surface area contributed by atoms with Crippen molar-refractivity contribution in [3.8, 4) is 0 Å². The van der Waals surface area contributed by atoms with Crippen LogP contribution in [0.4, 0.5) is 5.69 Å². The topological polar surface area (TPSA) is 49.3 Å². The Morgan fingerprint density at radius 3 is 2.37 bits per heavy atom.